The molecule has 0 saturated carbocycles. The maximum Gasteiger partial charge on any atom is 0.348 e. The Hall–Kier alpha value is -2.93. The van der Waals surface area contributed by atoms with Crippen LogP contribution in [0.1, 0.15) is 47.5 Å². The van der Waals surface area contributed by atoms with Gasteiger partial charge in [0.1, 0.15) is 18.3 Å². The molecule has 0 spiro atoms. The van der Waals surface area contributed by atoms with Crippen LogP contribution in [0, 0.1) is 13.8 Å². The number of benzene rings is 1. The average Bonchev–Trinajstić information content (AvgIpc) is 3.33. The smallest absolute Gasteiger partial charge is 0.348 e. The van der Waals surface area contributed by atoms with Crippen molar-refractivity contribution in [3.05, 3.63) is 80.6 Å². The van der Waals surface area contributed by atoms with E-state index in [4.69, 9.17) is 16.0 Å². The van der Waals surface area contributed by atoms with Gasteiger partial charge in [-0.15, -0.1) is 0 Å². The minimum absolute atomic E-state index is 0.0372. The number of hydrogen-bond donors (Lipinski definition) is 0. The molecule has 1 saturated heterocycles. The van der Waals surface area contributed by atoms with Crippen LogP contribution in [0.25, 0.3) is 0 Å². The maximum atomic E-state index is 13.0. The number of aromatic nitrogens is 3. The first-order valence-corrected chi connectivity index (χ1v) is 10.3. The second-order valence-electron chi connectivity index (χ2n) is 7.62. The van der Waals surface area contributed by atoms with Gasteiger partial charge in [-0.05, 0) is 50.5 Å². The SMILES string of the molecule is Cc1cc(C)n(CC(=O)N2CCC[C@H]2c2ncc(Cc3cccc(Cl)c3)o2)c(=O)n1. The quantitative estimate of drug-likeness (QED) is 0.624. The molecule has 1 amide bonds. The lowest BCUT2D eigenvalue weighted by Gasteiger charge is -2.23. The van der Waals surface area contributed by atoms with Gasteiger partial charge in [-0.25, -0.2) is 9.78 Å². The molecule has 156 valence electrons. The summed E-state index contributed by atoms with van der Waals surface area (Å²) in [5.41, 5.74) is 1.99. The molecule has 4 rings (SSSR count). The molecule has 1 aliphatic rings. The van der Waals surface area contributed by atoms with Crippen molar-refractivity contribution in [2.45, 2.75) is 45.7 Å². The van der Waals surface area contributed by atoms with Crippen molar-refractivity contribution in [1.29, 1.82) is 0 Å². The first kappa shape index (κ1) is 20.3. The number of carbonyl (C=O) groups is 1. The molecule has 1 atom stereocenters. The summed E-state index contributed by atoms with van der Waals surface area (Å²) in [5.74, 6) is 1.12. The summed E-state index contributed by atoms with van der Waals surface area (Å²) in [6.07, 6.45) is 3.93. The molecule has 3 aromatic rings. The van der Waals surface area contributed by atoms with Crippen LogP contribution in [-0.4, -0.2) is 31.9 Å². The van der Waals surface area contributed by atoms with Gasteiger partial charge in [-0.3, -0.25) is 9.36 Å². The Morgan fingerprint density at radius 1 is 1.30 bits per heavy atom. The lowest BCUT2D eigenvalue weighted by atomic mass is 10.1. The zero-order chi connectivity index (χ0) is 21.3. The average molecular weight is 427 g/mol. The van der Waals surface area contributed by atoms with Crippen LogP contribution in [0.2, 0.25) is 5.02 Å². The van der Waals surface area contributed by atoms with E-state index in [0.717, 1.165) is 29.9 Å². The van der Waals surface area contributed by atoms with Gasteiger partial charge in [0.15, 0.2) is 0 Å². The molecule has 8 heteroatoms. The van der Waals surface area contributed by atoms with Gasteiger partial charge in [-0.1, -0.05) is 23.7 Å². The number of aryl methyl sites for hydroxylation is 2. The number of rotatable bonds is 5. The first-order valence-electron chi connectivity index (χ1n) is 9.94. The third-order valence-electron chi connectivity index (χ3n) is 5.34. The molecule has 1 aliphatic heterocycles. The normalized spacial score (nSPS) is 16.2. The number of likely N-dealkylation sites (tertiary alicyclic amines) is 1. The predicted octanol–water partition coefficient (Wildman–Crippen LogP) is 3.46. The fraction of sp³-hybridized carbons (Fsp3) is 0.364. The van der Waals surface area contributed by atoms with Crippen molar-refractivity contribution in [2.75, 3.05) is 6.54 Å². The molecule has 7 nitrogen and oxygen atoms in total. The molecule has 0 unspecified atom stereocenters. The second kappa shape index (κ2) is 8.44. The molecule has 0 N–H and O–H groups in total. The van der Waals surface area contributed by atoms with Crippen LogP contribution in [-0.2, 0) is 17.8 Å². The highest BCUT2D eigenvalue weighted by Crippen LogP contribution is 2.32. The standard InChI is InChI=1S/C22H23ClN4O3/c1-14-9-15(2)27(22(29)25-14)13-20(28)26-8-4-7-19(26)21-24-12-18(30-21)11-16-5-3-6-17(23)10-16/h3,5-6,9-10,12,19H,4,7-8,11,13H2,1-2H3/t19-/m0/s1. The highest BCUT2D eigenvalue weighted by Gasteiger charge is 2.33. The zero-order valence-corrected chi connectivity index (χ0v) is 17.7. The van der Waals surface area contributed by atoms with Crippen LogP contribution >= 0.6 is 11.6 Å². The minimum atomic E-state index is -0.406. The van der Waals surface area contributed by atoms with E-state index >= 15 is 0 Å². The monoisotopic (exact) mass is 426 g/mol. The van der Waals surface area contributed by atoms with Gasteiger partial charge in [-0.2, -0.15) is 4.98 Å². The largest absolute Gasteiger partial charge is 0.443 e. The lowest BCUT2D eigenvalue weighted by molar-refractivity contribution is -0.133. The van der Waals surface area contributed by atoms with Crippen LogP contribution in [0.5, 0.6) is 0 Å². The van der Waals surface area contributed by atoms with Gasteiger partial charge in [0.2, 0.25) is 11.8 Å². The fourth-order valence-corrected chi connectivity index (χ4v) is 4.13. The molecule has 0 aliphatic carbocycles. The lowest BCUT2D eigenvalue weighted by Crippen LogP contribution is -2.37. The Bertz CT molecular complexity index is 1140. The molecular weight excluding hydrogens is 404 g/mol. The van der Waals surface area contributed by atoms with Gasteiger partial charge < -0.3 is 9.32 Å². The van der Waals surface area contributed by atoms with E-state index in [-0.39, 0.29) is 18.5 Å². The number of carbonyl (C=O) groups excluding carboxylic acids is 1. The number of halogens is 1. The van der Waals surface area contributed by atoms with E-state index in [0.29, 0.717) is 29.6 Å². The number of nitrogens with zero attached hydrogens (tertiary/aromatic N) is 4. The first-order chi connectivity index (χ1) is 14.4. The highest BCUT2D eigenvalue weighted by atomic mass is 35.5. The summed E-state index contributed by atoms with van der Waals surface area (Å²) in [6.45, 7) is 4.15. The summed E-state index contributed by atoms with van der Waals surface area (Å²) < 4.78 is 7.38. The van der Waals surface area contributed by atoms with Crippen molar-refractivity contribution in [3.8, 4) is 0 Å². The highest BCUT2D eigenvalue weighted by molar-refractivity contribution is 6.30. The molecular formula is C22H23ClN4O3. The number of oxazole rings is 1. The summed E-state index contributed by atoms with van der Waals surface area (Å²) >= 11 is 6.05. The van der Waals surface area contributed by atoms with E-state index in [1.807, 2.05) is 24.3 Å². The molecule has 0 bridgehead atoms. The van der Waals surface area contributed by atoms with Crippen LogP contribution < -0.4 is 5.69 Å². The van der Waals surface area contributed by atoms with Gasteiger partial charge in [0, 0.05) is 29.4 Å². The Kier molecular flexibility index (Phi) is 5.72. The van der Waals surface area contributed by atoms with E-state index in [1.165, 1.54) is 4.57 Å². The van der Waals surface area contributed by atoms with Crippen LogP contribution in [0.3, 0.4) is 0 Å². The van der Waals surface area contributed by atoms with E-state index in [9.17, 15) is 9.59 Å². The number of hydrogen-bond acceptors (Lipinski definition) is 5. The molecule has 1 fully saturated rings. The van der Waals surface area contributed by atoms with Crippen LogP contribution in [0.4, 0.5) is 0 Å². The predicted molar refractivity (Wildman–Crippen MR) is 112 cm³/mol. The molecule has 0 radical (unpaired) electrons. The maximum absolute atomic E-state index is 13.0. The Morgan fingerprint density at radius 3 is 2.90 bits per heavy atom. The summed E-state index contributed by atoms with van der Waals surface area (Å²) in [7, 11) is 0. The van der Waals surface area contributed by atoms with Crippen LogP contribution in [0.15, 0.2) is 45.7 Å². The molecule has 30 heavy (non-hydrogen) atoms. The van der Waals surface area contributed by atoms with E-state index in [1.54, 1.807) is 31.0 Å². The molecule has 2 aromatic heterocycles. The summed E-state index contributed by atoms with van der Waals surface area (Å²) in [4.78, 5) is 35.3. The van der Waals surface area contributed by atoms with Gasteiger partial charge >= 0.3 is 5.69 Å². The topological polar surface area (TPSA) is 81.2 Å². The van der Waals surface area contributed by atoms with E-state index in [2.05, 4.69) is 9.97 Å². The Morgan fingerprint density at radius 2 is 2.13 bits per heavy atom. The zero-order valence-electron chi connectivity index (χ0n) is 17.0. The number of amides is 1. The fourth-order valence-electron chi connectivity index (χ4n) is 3.92. The van der Waals surface area contributed by atoms with Crippen molar-refractivity contribution in [1.82, 2.24) is 19.4 Å². The van der Waals surface area contributed by atoms with Gasteiger partial charge in [0.05, 0.1) is 6.20 Å². The van der Waals surface area contributed by atoms with E-state index < -0.39 is 5.69 Å². The Balaban J connectivity index is 1.49. The van der Waals surface area contributed by atoms with Crippen molar-refractivity contribution in [2.24, 2.45) is 0 Å². The Labute approximate surface area is 179 Å². The second-order valence-corrected chi connectivity index (χ2v) is 8.06. The summed E-state index contributed by atoms with van der Waals surface area (Å²) in [5, 5.41) is 0.677. The minimum Gasteiger partial charge on any atom is -0.443 e. The van der Waals surface area contributed by atoms with Crippen molar-refractivity contribution >= 4 is 17.5 Å². The third kappa shape index (κ3) is 4.31. The van der Waals surface area contributed by atoms with Gasteiger partial charge in [0.25, 0.3) is 0 Å². The third-order valence-corrected chi connectivity index (χ3v) is 5.57. The van der Waals surface area contributed by atoms with Crippen molar-refractivity contribution < 1.29 is 9.21 Å². The van der Waals surface area contributed by atoms with Crippen molar-refractivity contribution in [3.63, 3.8) is 0 Å². The molecule has 1 aromatic carbocycles. The summed E-state index contributed by atoms with van der Waals surface area (Å²) in [6, 6.07) is 9.18. The molecule has 3 heterocycles.